The summed E-state index contributed by atoms with van der Waals surface area (Å²) < 4.78 is 5.62. The van der Waals surface area contributed by atoms with Crippen LogP contribution in [0.4, 0.5) is 0 Å². The minimum Gasteiger partial charge on any atom is -0.459 e. The zero-order valence-corrected chi connectivity index (χ0v) is 21.9. The molecular weight excluding hydrogens is 488 g/mol. The molecule has 0 bridgehead atoms. The number of amides is 2. The van der Waals surface area contributed by atoms with E-state index >= 15 is 0 Å². The molecule has 1 N–H and O–H groups in total. The molecule has 2 aliphatic rings. The minimum atomic E-state index is -0.855. The highest BCUT2D eigenvalue weighted by molar-refractivity contribution is 5.91. The number of carbonyl (C=O) groups is 3. The summed E-state index contributed by atoms with van der Waals surface area (Å²) in [5, 5.41) is 2.97. The number of rotatable bonds is 9. The predicted octanol–water partition coefficient (Wildman–Crippen LogP) is 4.70. The van der Waals surface area contributed by atoms with Crippen LogP contribution in [-0.2, 0) is 38.7 Å². The van der Waals surface area contributed by atoms with Gasteiger partial charge in [0, 0.05) is 19.5 Å². The van der Waals surface area contributed by atoms with Gasteiger partial charge in [-0.25, -0.2) is 4.79 Å². The molecule has 2 amide bonds. The smallest absolute Gasteiger partial charge is 0.329 e. The number of fused-ring (bicyclic) bond motifs is 1. The summed E-state index contributed by atoms with van der Waals surface area (Å²) in [6, 6.07) is 28.1. The number of esters is 1. The number of benzene rings is 3. The fraction of sp³-hybridized carbons (Fsp3) is 0.303. The molecule has 6 heteroatoms. The molecule has 39 heavy (non-hydrogen) atoms. The van der Waals surface area contributed by atoms with Gasteiger partial charge in [-0.15, -0.1) is 0 Å². The summed E-state index contributed by atoms with van der Waals surface area (Å²) >= 11 is 0. The Labute approximate surface area is 229 Å². The SMILES string of the molecule is O=C(OCc1ccccc1)[C@H](Cc1ccccc1)NC(=O)[C@@H]1CC=C[C@@H]2CCN(Cc3ccccc3)C(=O)[C@@H]21. The normalized spacial score (nSPS) is 21.1. The molecule has 1 aliphatic carbocycles. The van der Waals surface area contributed by atoms with E-state index in [9.17, 15) is 14.4 Å². The van der Waals surface area contributed by atoms with E-state index in [-0.39, 0.29) is 24.3 Å². The Morgan fingerprint density at radius 3 is 2.15 bits per heavy atom. The van der Waals surface area contributed by atoms with Crippen molar-refractivity contribution in [2.45, 2.75) is 38.5 Å². The van der Waals surface area contributed by atoms with E-state index in [2.05, 4.69) is 11.4 Å². The molecule has 1 fully saturated rings. The monoisotopic (exact) mass is 522 g/mol. The molecule has 1 saturated heterocycles. The van der Waals surface area contributed by atoms with Crippen molar-refractivity contribution < 1.29 is 19.1 Å². The van der Waals surface area contributed by atoms with Gasteiger partial charge in [-0.1, -0.05) is 103 Å². The van der Waals surface area contributed by atoms with Crippen molar-refractivity contribution in [3.63, 3.8) is 0 Å². The first-order valence-electron chi connectivity index (χ1n) is 13.6. The van der Waals surface area contributed by atoms with E-state index in [1.165, 1.54) is 0 Å². The average Bonchev–Trinajstić information content (AvgIpc) is 2.98. The van der Waals surface area contributed by atoms with Crippen molar-refractivity contribution in [3.8, 4) is 0 Å². The summed E-state index contributed by atoms with van der Waals surface area (Å²) in [5.74, 6) is -1.71. The van der Waals surface area contributed by atoms with Gasteiger partial charge in [0.05, 0.1) is 11.8 Å². The zero-order valence-electron chi connectivity index (χ0n) is 21.9. The highest BCUT2D eigenvalue weighted by Gasteiger charge is 2.45. The number of likely N-dealkylation sites (tertiary alicyclic amines) is 1. The third-order valence-corrected chi connectivity index (χ3v) is 7.66. The molecule has 5 rings (SSSR count). The summed E-state index contributed by atoms with van der Waals surface area (Å²) in [6.45, 7) is 1.32. The Kier molecular flexibility index (Phi) is 8.51. The topological polar surface area (TPSA) is 75.7 Å². The molecule has 1 aliphatic heterocycles. The fourth-order valence-corrected chi connectivity index (χ4v) is 5.60. The highest BCUT2D eigenvalue weighted by atomic mass is 16.5. The maximum atomic E-state index is 13.7. The summed E-state index contributed by atoms with van der Waals surface area (Å²) in [4.78, 5) is 42.5. The number of allylic oxidation sites excluding steroid dienone is 2. The van der Waals surface area contributed by atoms with Gasteiger partial charge in [-0.3, -0.25) is 9.59 Å². The van der Waals surface area contributed by atoms with Gasteiger partial charge in [0.25, 0.3) is 0 Å². The van der Waals surface area contributed by atoms with Crippen molar-refractivity contribution in [1.29, 1.82) is 0 Å². The molecule has 4 atom stereocenters. The molecule has 0 spiro atoms. The van der Waals surface area contributed by atoms with Crippen LogP contribution in [0.1, 0.15) is 29.5 Å². The number of hydrogen-bond donors (Lipinski definition) is 1. The number of hydrogen-bond acceptors (Lipinski definition) is 4. The quantitative estimate of drug-likeness (QED) is 0.327. The number of piperidine rings is 1. The molecule has 0 radical (unpaired) electrons. The Bertz CT molecular complexity index is 1290. The third-order valence-electron chi connectivity index (χ3n) is 7.66. The largest absolute Gasteiger partial charge is 0.459 e. The highest BCUT2D eigenvalue weighted by Crippen LogP contribution is 2.38. The number of ether oxygens (including phenoxy) is 1. The number of nitrogens with one attached hydrogen (secondary N) is 1. The molecule has 1 heterocycles. The lowest BCUT2D eigenvalue weighted by Crippen LogP contribution is -2.54. The van der Waals surface area contributed by atoms with Gasteiger partial charge in [-0.2, -0.15) is 0 Å². The first-order chi connectivity index (χ1) is 19.1. The molecule has 0 aromatic heterocycles. The lowest BCUT2D eigenvalue weighted by atomic mass is 9.71. The third kappa shape index (κ3) is 6.63. The Balaban J connectivity index is 1.30. The van der Waals surface area contributed by atoms with E-state index in [1.807, 2.05) is 102 Å². The van der Waals surface area contributed by atoms with Gasteiger partial charge >= 0.3 is 5.97 Å². The molecule has 3 aromatic carbocycles. The summed E-state index contributed by atoms with van der Waals surface area (Å²) in [6.07, 6.45) is 5.68. The Morgan fingerprint density at radius 2 is 1.49 bits per heavy atom. The number of carbonyl (C=O) groups excluding carboxylic acids is 3. The van der Waals surface area contributed by atoms with Crippen molar-refractivity contribution in [3.05, 3.63) is 120 Å². The maximum Gasteiger partial charge on any atom is 0.329 e. The van der Waals surface area contributed by atoms with E-state index < -0.39 is 23.8 Å². The van der Waals surface area contributed by atoms with Crippen LogP contribution in [0.25, 0.3) is 0 Å². The van der Waals surface area contributed by atoms with E-state index in [0.29, 0.717) is 25.9 Å². The second kappa shape index (κ2) is 12.6. The maximum absolute atomic E-state index is 13.7. The van der Waals surface area contributed by atoms with Crippen LogP contribution in [0.3, 0.4) is 0 Å². The van der Waals surface area contributed by atoms with E-state index in [1.54, 1.807) is 0 Å². The Hall–Kier alpha value is -4.19. The minimum absolute atomic E-state index is 0.00543. The Morgan fingerprint density at radius 1 is 0.872 bits per heavy atom. The van der Waals surface area contributed by atoms with Crippen molar-refractivity contribution in [1.82, 2.24) is 10.2 Å². The molecule has 0 saturated carbocycles. The van der Waals surface area contributed by atoms with Crippen LogP contribution in [0, 0.1) is 17.8 Å². The lowest BCUT2D eigenvalue weighted by molar-refractivity contribution is -0.151. The molecule has 3 aromatic rings. The first kappa shape index (κ1) is 26.4. The van der Waals surface area contributed by atoms with Gasteiger partial charge < -0.3 is 15.0 Å². The summed E-state index contributed by atoms with van der Waals surface area (Å²) in [7, 11) is 0. The van der Waals surface area contributed by atoms with Crippen LogP contribution in [0.2, 0.25) is 0 Å². The summed E-state index contributed by atoms with van der Waals surface area (Å²) in [5.41, 5.74) is 2.87. The van der Waals surface area contributed by atoms with E-state index in [0.717, 1.165) is 23.1 Å². The standard InChI is InChI=1S/C33H34N2O4/c36-31(28-18-10-17-27-19-20-35(32(37)30(27)28)22-25-13-6-2-7-14-25)34-29(21-24-11-4-1-5-12-24)33(38)39-23-26-15-8-3-9-16-26/h1-17,27-30H,18-23H2,(H,34,36)/t27-,28-,29+,30+/m1/s1. The predicted molar refractivity (Wildman–Crippen MR) is 149 cm³/mol. The van der Waals surface area contributed by atoms with Crippen molar-refractivity contribution in [2.75, 3.05) is 6.54 Å². The first-order valence-corrected chi connectivity index (χ1v) is 13.6. The second-order valence-corrected chi connectivity index (χ2v) is 10.3. The molecular formula is C33H34N2O4. The van der Waals surface area contributed by atoms with Crippen molar-refractivity contribution in [2.24, 2.45) is 17.8 Å². The van der Waals surface area contributed by atoms with Gasteiger partial charge in [0.1, 0.15) is 12.6 Å². The van der Waals surface area contributed by atoms with Crippen LogP contribution in [-0.4, -0.2) is 35.3 Å². The van der Waals surface area contributed by atoms with Gasteiger partial charge in [0.2, 0.25) is 11.8 Å². The molecule has 0 unspecified atom stereocenters. The molecule has 6 nitrogen and oxygen atoms in total. The van der Waals surface area contributed by atoms with Crippen LogP contribution in [0.5, 0.6) is 0 Å². The van der Waals surface area contributed by atoms with Crippen LogP contribution in [0.15, 0.2) is 103 Å². The van der Waals surface area contributed by atoms with E-state index in [4.69, 9.17) is 4.74 Å². The second-order valence-electron chi connectivity index (χ2n) is 10.3. The van der Waals surface area contributed by atoms with Crippen LogP contribution < -0.4 is 5.32 Å². The fourth-order valence-electron chi connectivity index (χ4n) is 5.60. The lowest BCUT2D eigenvalue weighted by Gasteiger charge is -2.42. The average molecular weight is 523 g/mol. The van der Waals surface area contributed by atoms with Crippen molar-refractivity contribution >= 4 is 17.8 Å². The zero-order chi connectivity index (χ0) is 27.0. The van der Waals surface area contributed by atoms with Gasteiger partial charge in [0.15, 0.2) is 0 Å². The molecule has 200 valence electrons. The number of nitrogens with zero attached hydrogens (tertiary/aromatic N) is 1. The van der Waals surface area contributed by atoms with Crippen LogP contribution >= 0.6 is 0 Å². The van der Waals surface area contributed by atoms with Gasteiger partial charge in [-0.05, 0) is 35.4 Å².